The van der Waals surface area contributed by atoms with Crippen molar-refractivity contribution in [2.45, 2.75) is 39.3 Å². The molecule has 0 bridgehead atoms. The number of pyridine rings is 2. The average molecular weight is 340 g/mol. The van der Waals surface area contributed by atoms with Crippen molar-refractivity contribution in [2.24, 2.45) is 0 Å². The van der Waals surface area contributed by atoms with E-state index in [-0.39, 0.29) is 12.0 Å². The molecular weight excluding hydrogens is 316 g/mol. The molecule has 2 aromatic heterocycles. The maximum atomic E-state index is 12.6. The largest absolute Gasteiger partial charge is 0.475 e. The van der Waals surface area contributed by atoms with E-state index in [1.165, 1.54) is 0 Å². The lowest BCUT2D eigenvalue weighted by Gasteiger charge is -2.19. The van der Waals surface area contributed by atoms with E-state index >= 15 is 0 Å². The summed E-state index contributed by atoms with van der Waals surface area (Å²) in [6.07, 6.45) is 5.85. The van der Waals surface area contributed by atoms with E-state index < -0.39 is 0 Å². The molecule has 0 atom stereocenters. The quantitative estimate of drug-likeness (QED) is 0.876. The fourth-order valence-corrected chi connectivity index (χ4v) is 2.86. The molecule has 0 saturated carbocycles. The Morgan fingerprint density at radius 2 is 2.04 bits per heavy atom. The number of ether oxygens (including phenoxy) is 1. The monoisotopic (exact) mass is 340 g/mol. The number of nitrogens with zero attached hydrogens (tertiary/aromatic N) is 3. The highest BCUT2D eigenvalue weighted by atomic mass is 16.5. The van der Waals surface area contributed by atoms with Crippen molar-refractivity contribution < 1.29 is 9.53 Å². The third-order valence-corrected chi connectivity index (χ3v) is 4.04. The topological polar surface area (TPSA) is 67.3 Å². The van der Waals surface area contributed by atoms with Crippen molar-refractivity contribution in [1.82, 2.24) is 15.3 Å². The molecule has 6 heteroatoms. The third kappa shape index (κ3) is 4.47. The Bertz CT molecular complexity index is 710. The highest BCUT2D eigenvalue weighted by molar-refractivity contribution is 5.98. The van der Waals surface area contributed by atoms with Crippen molar-refractivity contribution >= 4 is 11.7 Å². The third-order valence-electron chi connectivity index (χ3n) is 4.04. The lowest BCUT2D eigenvalue weighted by Crippen LogP contribution is -2.28. The molecule has 1 saturated heterocycles. The summed E-state index contributed by atoms with van der Waals surface area (Å²) >= 11 is 0. The molecule has 132 valence electrons. The van der Waals surface area contributed by atoms with E-state index in [1.54, 1.807) is 18.5 Å². The van der Waals surface area contributed by atoms with Gasteiger partial charge in [-0.1, -0.05) is 6.07 Å². The molecule has 0 aliphatic carbocycles. The van der Waals surface area contributed by atoms with Gasteiger partial charge in [0, 0.05) is 38.1 Å². The number of hydrogen-bond donors (Lipinski definition) is 1. The molecule has 1 fully saturated rings. The number of aromatic nitrogens is 2. The van der Waals surface area contributed by atoms with E-state index in [9.17, 15) is 4.79 Å². The number of amides is 1. The zero-order chi connectivity index (χ0) is 17.6. The zero-order valence-electron chi connectivity index (χ0n) is 14.7. The molecule has 6 nitrogen and oxygen atoms in total. The van der Waals surface area contributed by atoms with Gasteiger partial charge in [0.05, 0.1) is 11.7 Å². The van der Waals surface area contributed by atoms with Gasteiger partial charge in [-0.3, -0.25) is 4.79 Å². The normalized spacial score (nSPS) is 14.0. The molecule has 1 amide bonds. The first kappa shape index (κ1) is 17.2. The predicted octanol–water partition coefficient (Wildman–Crippen LogP) is 2.79. The fourth-order valence-electron chi connectivity index (χ4n) is 2.86. The second kappa shape index (κ2) is 7.96. The molecule has 25 heavy (non-hydrogen) atoms. The Balaban J connectivity index is 1.63. The molecule has 0 unspecified atom stereocenters. The number of rotatable bonds is 6. The van der Waals surface area contributed by atoms with Gasteiger partial charge in [0.2, 0.25) is 5.88 Å². The van der Waals surface area contributed by atoms with Crippen molar-refractivity contribution in [3.05, 3.63) is 47.8 Å². The molecule has 3 heterocycles. The standard InChI is InChI=1S/C19H24N4O2/c1-14(2)25-17-8-7-15(12-21-17)13-22-19(24)16-6-5-9-20-18(16)23-10-3-4-11-23/h5-9,12,14H,3-4,10-11,13H2,1-2H3,(H,22,24). The van der Waals surface area contributed by atoms with Crippen LogP contribution in [0.4, 0.5) is 5.82 Å². The summed E-state index contributed by atoms with van der Waals surface area (Å²) in [5, 5.41) is 2.95. The molecule has 0 spiro atoms. The number of carbonyl (C=O) groups excluding carboxylic acids is 1. The summed E-state index contributed by atoms with van der Waals surface area (Å²) in [6.45, 7) is 6.25. The van der Waals surface area contributed by atoms with Crippen molar-refractivity contribution in [3.8, 4) is 5.88 Å². The van der Waals surface area contributed by atoms with Gasteiger partial charge in [-0.25, -0.2) is 9.97 Å². The molecule has 0 aromatic carbocycles. The molecule has 2 aromatic rings. The van der Waals surface area contributed by atoms with Crippen LogP contribution < -0.4 is 15.0 Å². The van der Waals surface area contributed by atoms with Crippen molar-refractivity contribution in [3.63, 3.8) is 0 Å². The van der Waals surface area contributed by atoms with Crippen LogP contribution in [0, 0.1) is 0 Å². The SMILES string of the molecule is CC(C)Oc1ccc(CNC(=O)c2cccnc2N2CCCC2)cn1. The second-order valence-electron chi connectivity index (χ2n) is 6.42. The van der Waals surface area contributed by atoms with Gasteiger partial charge in [0.25, 0.3) is 5.91 Å². The first-order valence-corrected chi connectivity index (χ1v) is 8.73. The highest BCUT2D eigenvalue weighted by Crippen LogP contribution is 2.21. The molecule has 1 N–H and O–H groups in total. The van der Waals surface area contributed by atoms with Gasteiger partial charge in [-0.15, -0.1) is 0 Å². The number of anilines is 1. The number of hydrogen-bond acceptors (Lipinski definition) is 5. The average Bonchev–Trinajstić information content (AvgIpc) is 3.15. The van der Waals surface area contributed by atoms with Crippen LogP contribution in [-0.4, -0.2) is 35.1 Å². The van der Waals surface area contributed by atoms with E-state index in [0.717, 1.165) is 37.3 Å². The molecule has 0 radical (unpaired) electrons. The summed E-state index contributed by atoms with van der Waals surface area (Å²) in [4.78, 5) is 23.4. The van der Waals surface area contributed by atoms with Crippen LogP contribution in [0.5, 0.6) is 5.88 Å². The van der Waals surface area contributed by atoms with Crippen molar-refractivity contribution in [1.29, 1.82) is 0 Å². The Morgan fingerprint density at radius 1 is 1.24 bits per heavy atom. The smallest absolute Gasteiger partial charge is 0.255 e. The minimum absolute atomic E-state index is 0.0904. The predicted molar refractivity (Wildman–Crippen MR) is 96.9 cm³/mol. The summed E-state index contributed by atoms with van der Waals surface area (Å²) in [7, 11) is 0. The zero-order valence-corrected chi connectivity index (χ0v) is 14.7. The summed E-state index contributed by atoms with van der Waals surface area (Å²) in [6, 6.07) is 7.36. The Morgan fingerprint density at radius 3 is 2.72 bits per heavy atom. The first-order chi connectivity index (χ1) is 12.1. The Labute approximate surface area is 148 Å². The Kier molecular flexibility index (Phi) is 5.48. The molecule has 1 aliphatic heterocycles. The lowest BCUT2D eigenvalue weighted by molar-refractivity contribution is 0.0951. The minimum atomic E-state index is -0.113. The molecular formula is C19H24N4O2. The number of nitrogens with one attached hydrogen (secondary N) is 1. The van der Waals surface area contributed by atoms with Gasteiger partial charge in [0.15, 0.2) is 0 Å². The van der Waals surface area contributed by atoms with Crippen LogP contribution in [0.2, 0.25) is 0 Å². The first-order valence-electron chi connectivity index (χ1n) is 8.73. The van der Waals surface area contributed by atoms with Crippen LogP contribution >= 0.6 is 0 Å². The fraction of sp³-hybridized carbons (Fsp3) is 0.421. The highest BCUT2D eigenvalue weighted by Gasteiger charge is 2.20. The van der Waals surface area contributed by atoms with Gasteiger partial charge < -0.3 is 15.0 Å². The minimum Gasteiger partial charge on any atom is -0.475 e. The van der Waals surface area contributed by atoms with Gasteiger partial charge in [0.1, 0.15) is 5.82 Å². The van der Waals surface area contributed by atoms with Gasteiger partial charge in [-0.05, 0) is 44.4 Å². The van der Waals surface area contributed by atoms with Gasteiger partial charge in [-0.2, -0.15) is 0 Å². The van der Waals surface area contributed by atoms with Crippen LogP contribution in [0.15, 0.2) is 36.7 Å². The Hall–Kier alpha value is -2.63. The van der Waals surface area contributed by atoms with E-state index in [2.05, 4.69) is 20.2 Å². The lowest BCUT2D eigenvalue weighted by atomic mass is 10.2. The van der Waals surface area contributed by atoms with Crippen LogP contribution in [0.25, 0.3) is 0 Å². The second-order valence-corrected chi connectivity index (χ2v) is 6.42. The van der Waals surface area contributed by atoms with Crippen LogP contribution in [0.3, 0.4) is 0 Å². The van der Waals surface area contributed by atoms with E-state index in [1.807, 2.05) is 32.0 Å². The maximum Gasteiger partial charge on any atom is 0.255 e. The van der Waals surface area contributed by atoms with Crippen molar-refractivity contribution in [2.75, 3.05) is 18.0 Å². The van der Waals surface area contributed by atoms with E-state index in [0.29, 0.717) is 18.0 Å². The van der Waals surface area contributed by atoms with Crippen LogP contribution in [-0.2, 0) is 6.54 Å². The van der Waals surface area contributed by atoms with Crippen LogP contribution in [0.1, 0.15) is 42.6 Å². The van der Waals surface area contributed by atoms with Gasteiger partial charge >= 0.3 is 0 Å². The summed E-state index contributed by atoms with van der Waals surface area (Å²) < 4.78 is 5.52. The van der Waals surface area contributed by atoms with E-state index in [4.69, 9.17) is 4.74 Å². The molecule has 3 rings (SSSR count). The summed E-state index contributed by atoms with van der Waals surface area (Å²) in [5.74, 6) is 1.25. The maximum absolute atomic E-state index is 12.6. The molecule has 1 aliphatic rings. The number of carbonyl (C=O) groups is 1. The summed E-state index contributed by atoms with van der Waals surface area (Å²) in [5.41, 5.74) is 1.55.